The van der Waals surface area contributed by atoms with Crippen molar-refractivity contribution in [3.05, 3.63) is 34.6 Å². The zero-order valence-electron chi connectivity index (χ0n) is 11.0. The minimum atomic E-state index is -0.827. The van der Waals surface area contributed by atoms with Crippen LogP contribution in [-0.4, -0.2) is 6.54 Å². The van der Waals surface area contributed by atoms with Crippen molar-refractivity contribution >= 4 is 11.0 Å². The lowest BCUT2D eigenvalue weighted by Gasteiger charge is -2.09. The first-order valence-electron chi connectivity index (χ1n) is 6.08. The molecule has 0 saturated heterocycles. The van der Waals surface area contributed by atoms with Gasteiger partial charge in [-0.3, -0.25) is 0 Å². The maximum atomic E-state index is 13.8. The van der Waals surface area contributed by atoms with Crippen LogP contribution < -0.4 is 5.32 Å². The normalized spacial score (nSPS) is 13.2. The molecule has 0 aliphatic carbocycles. The highest BCUT2D eigenvalue weighted by Gasteiger charge is 2.22. The topological polar surface area (TPSA) is 25.2 Å². The van der Waals surface area contributed by atoms with Gasteiger partial charge in [0.15, 0.2) is 11.6 Å². The zero-order valence-corrected chi connectivity index (χ0v) is 11.0. The Balaban J connectivity index is 2.70. The van der Waals surface area contributed by atoms with Crippen LogP contribution in [0.2, 0.25) is 0 Å². The van der Waals surface area contributed by atoms with Gasteiger partial charge in [-0.2, -0.15) is 0 Å². The fraction of sp³-hybridized carbons (Fsp3) is 0.429. The molecule has 0 saturated carbocycles. The Morgan fingerprint density at radius 2 is 2.00 bits per heavy atom. The van der Waals surface area contributed by atoms with E-state index in [1.54, 1.807) is 13.8 Å². The molecule has 18 heavy (non-hydrogen) atoms. The van der Waals surface area contributed by atoms with E-state index in [-0.39, 0.29) is 11.4 Å². The largest absolute Gasteiger partial charge is 0.459 e. The second kappa shape index (κ2) is 4.69. The molecule has 0 amide bonds. The van der Waals surface area contributed by atoms with E-state index < -0.39 is 11.6 Å². The number of aryl methyl sites for hydroxylation is 2. The van der Waals surface area contributed by atoms with Crippen LogP contribution in [0.1, 0.15) is 36.8 Å². The first-order chi connectivity index (χ1) is 8.47. The molecule has 2 nitrogen and oxygen atoms in total. The minimum absolute atomic E-state index is 0.0238. The van der Waals surface area contributed by atoms with Crippen molar-refractivity contribution in [2.45, 2.75) is 33.7 Å². The van der Waals surface area contributed by atoms with E-state index in [1.165, 1.54) is 6.07 Å². The molecule has 0 radical (unpaired) electrons. The fourth-order valence-electron chi connectivity index (χ4n) is 2.32. The summed E-state index contributed by atoms with van der Waals surface area (Å²) >= 11 is 0. The molecular weight excluding hydrogens is 236 g/mol. The van der Waals surface area contributed by atoms with Gasteiger partial charge in [0.1, 0.15) is 11.3 Å². The number of halogens is 2. The van der Waals surface area contributed by atoms with Crippen LogP contribution in [-0.2, 0) is 0 Å². The summed E-state index contributed by atoms with van der Waals surface area (Å²) < 4.78 is 33.0. The second-order valence-corrected chi connectivity index (χ2v) is 4.56. The second-order valence-electron chi connectivity index (χ2n) is 4.56. The lowest BCUT2D eigenvalue weighted by Crippen LogP contribution is -2.17. The summed E-state index contributed by atoms with van der Waals surface area (Å²) in [7, 11) is 0. The highest BCUT2D eigenvalue weighted by molar-refractivity contribution is 5.85. The Kier molecular flexibility index (Phi) is 3.39. The van der Waals surface area contributed by atoms with Crippen molar-refractivity contribution in [1.29, 1.82) is 0 Å². The molecule has 1 atom stereocenters. The number of hydrogen-bond donors (Lipinski definition) is 1. The molecule has 0 spiro atoms. The van der Waals surface area contributed by atoms with Gasteiger partial charge in [-0.05, 0) is 38.9 Å². The van der Waals surface area contributed by atoms with Crippen LogP contribution in [0.4, 0.5) is 8.78 Å². The maximum absolute atomic E-state index is 13.8. The molecule has 1 heterocycles. The van der Waals surface area contributed by atoms with Gasteiger partial charge in [-0.1, -0.05) is 6.92 Å². The van der Waals surface area contributed by atoms with Crippen molar-refractivity contribution < 1.29 is 13.2 Å². The standard InChI is InChI=1S/C14H17F2NO/c1-5-17-9(4)14-8(3)11-12(16)10(15)6-7(2)13(11)18-14/h6,9,17H,5H2,1-4H3. The molecule has 0 aliphatic heterocycles. The van der Waals surface area contributed by atoms with Gasteiger partial charge in [-0.25, -0.2) is 8.78 Å². The number of nitrogens with one attached hydrogen (secondary N) is 1. The van der Waals surface area contributed by atoms with E-state index in [2.05, 4.69) is 5.32 Å². The average Bonchev–Trinajstić information content (AvgIpc) is 2.65. The molecular formula is C14H17F2NO. The Bertz CT molecular complexity index is 589. The number of furan rings is 1. The van der Waals surface area contributed by atoms with Crippen LogP contribution in [0, 0.1) is 25.5 Å². The van der Waals surface area contributed by atoms with Gasteiger partial charge < -0.3 is 9.73 Å². The molecule has 98 valence electrons. The van der Waals surface area contributed by atoms with Crippen LogP contribution in [0.3, 0.4) is 0 Å². The molecule has 1 aromatic carbocycles. The number of rotatable bonds is 3. The molecule has 4 heteroatoms. The molecule has 0 fully saturated rings. The minimum Gasteiger partial charge on any atom is -0.459 e. The van der Waals surface area contributed by atoms with Crippen LogP contribution >= 0.6 is 0 Å². The summed E-state index contributed by atoms with van der Waals surface area (Å²) in [6.45, 7) is 8.19. The Morgan fingerprint density at radius 3 is 2.61 bits per heavy atom. The van der Waals surface area contributed by atoms with E-state index in [0.29, 0.717) is 22.5 Å². The van der Waals surface area contributed by atoms with Gasteiger partial charge >= 0.3 is 0 Å². The van der Waals surface area contributed by atoms with Crippen molar-refractivity contribution in [1.82, 2.24) is 5.32 Å². The molecule has 0 aliphatic rings. The summed E-state index contributed by atoms with van der Waals surface area (Å²) in [6, 6.07) is 1.15. The third-order valence-electron chi connectivity index (χ3n) is 3.22. The van der Waals surface area contributed by atoms with Crippen LogP contribution in [0.5, 0.6) is 0 Å². The van der Waals surface area contributed by atoms with E-state index in [9.17, 15) is 8.78 Å². The highest BCUT2D eigenvalue weighted by Crippen LogP contribution is 2.34. The van der Waals surface area contributed by atoms with E-state index in [0.717, 1.165) is 6.54 Å². The van der Waals surface area contributed by atoms with Crippen LogP contribution in [0.25, 0.3) is 11.0 Å². The Hall–Kier alpha value is -1.42. The van der Waals surface area contributed by atoms with E-state index in [4.69, 9.17) is 4.42 Å². The molecule has 1 unspecified atom stereocenters. The summed E-state index contributed by atoms with van der Waals surface area (Å²) in [5.74, 6) is -0.988. The fourth-order valence-corrected chi connectivity index (χ4v) is 2.32. The number of benzene rings is 1. The molecule has 1 aromatic heterocycles. The maximum Gasteiger partial charge on any atom is 0.170 e. The van der Waals surface area contributed by atoms with E-state index >= 15 is 0 Å². The average molecular weight is 253 g/mol. The van der Waals surface area contributed by atoms with Gasteiger partial charge in [-0.15, -0.1) is 0 Å². The predicted octanol–water partition coefficient (Wildman–Crippen LogP) is 4.00. The number of fused-ring (bicyclic) bond motifs is 1. The third-order valence-corrected chi connectivity index (χ3v) is 3.22. The monoisotopic (exact) mass is 253 g/mol. The van der Waals surface area contributed by atoms with Gasteiger partial charge in [0.05, 0.1) is 11.4 Å². The molecule has 2 aromatic rings. The first kappa shape index (κ1) is 13.0. The zero-order chi connectivity index (χ0) is 13.4. The summed E-state index contributed by atoms with van der Waals surface area (Å²) in [5, 5.41) is 3.46. The quantitative estimate of drug-likeness (QED) is 0.894. The summed E-state index contributed by atoms with van der Waals surface area (Å²) in [4.78, 5) is 0. The summed E-state index contributed by atoms with van der Waals surface area (Å²) in [6.07, 6.45) is 0. The van der Waals surface area contributed by atoms with Crippen molar-refractivity contribution in [2.75, 3.05) is 6.54 Å². The van der Waals surface area contributed by atoms with E-state index in [1.807, 2.05) is 13.8 Å². The smallest absolute Gasteiger partial charge is 0.170 e. The SMILES string of the molecule is CCNC(C)c1oc2c(C)cc(F)c(F)c2c1C. The number of hydrogen-bond acceptors (Lipinski definition) is 2. The van der Waals surface area contributed by atoms with Crippen molar-refractivity contribution in [2.24, 2.45) is 0 Å². The highest BCUT2D eigenvalue weighted by atomic mass is 19.2. The molecule has 0 bridgehead atoms. The van der Waals surface area contributed by atoms with Gasteiger partial charge in [0, 0.05) is 5.56 Å². The molecule has 2 rings (SSSR count). The van der Waals surface area contributed by atoms with Gasteiger partial charge in [0.25, 0.3) is 0 Å². The molecule has 1 N–H and O–H groups in total. The first-order valence-corrected chi connectivity index (χ1v) is 6.08. The Morgan fingerprint density at radius 1 is 1.33 bits per heavy atom. The lowest BCUT2D eigenvalue weighted by molar-refractivity contribution is 0.454. The van der Waals surface area contributed by atoms with Gasteiger partial charge in [0.2, 0.25) is 0 Å². The van der Waals surface area contributed by atoms with Crippen molar-refractivity contribution in [3.8, 4) is 0 Å². The third kappa shape index (κ3) is 1.90. The predicted molar refractivity (Wildman–Crippen MR) is 67.7 cm³/mol. The van der Waals surface area contributed by atoms with Crippen LogP contribution in [0.15, 0.2) is 10.5 Å². The van der Waals surface area contributed by atoms with Crippen molar-refractivity contribution in [3.63, 3.8) is 0 Å². The lowest BCUT2D eigenvalue weighted by atomic mass is 10.1. The summed E-state index contributed by atoms with van der Waals surface area (Å²) in [5.41, 5.74) is 1.71. The Labute approximate surface area is 105 Å².